The molecule has 2 bridgehead atoms. The summed E-state index contributed by atoms with van der Waals surface area (Å²) in [5.41, 5.74) is 0.250. The summed E-state index contributed by atoms with van der Waals surface area (Å²) in [5.74, 6) is 0.191. The molecule has 0 radical (unpaired) electrons. The third-order valence-electron chi connectivity index (χ3n) is 4.84. The van der Waals surface area contributed by atoms with Crippen molar-refractivity contribution in [2.45, 2.75) is 76.9 Å². The predicted octanol–water partition coefficient (Wildman–Crippen LogP) is 4.28. The van der Waals surface area contributed by atoms with Crippen LogP contribution in [0.1, 0.15) is 52.0 Å². The highest BCUT2D eigenvalue weighted by atomic mass is 19.1. The molecule has 26 heavy (non-hydrogen) atoms. The maximum Gasteiger partial charge on any atom is 0.410 e. The van der Waals surface area contributed by atoms with Gasteiger partial charge in [0, 0.05) is 38.1 Å². The zero-order valence-electron chi connectivity index (χ0n) is 16.0. The van der Waals surface area contributed by atoms with E-state index in [1.54, 1.807) is 7.11 Å². The van der Waals surface area contributed by atoms with E-state index in [0.717, 1.165) is 31.2 Å². The van der Waals surface area contributed by atoms with E-state index >= 15 is 0 Å². The molecule has 1 amide bonds. The summed E-state index contributed by atoms with van der Waals surface area (Å²) >= 11 is 0. The van der Waals surface area contributed by atoms with Gasteiger partial charge in [0.2, 0.25) is 0 Å². The van der Waals surface area contributed by atoms with Crippen LogP contribution in [0.15, 0.2) is 18.2 Å². The Morgan fingerprint density at radius 2 is 1.85 bits per heavy atom. The lowest BCUT2D eigenvalue weighted by molar-refractivity contribution is -0.00711. The first-order valence-corrected chi connectivity index (χ1v) is 9.21. The number of nitrogens with zero attached hydrogens (tertiary/aromatic N) is 1. The molecule has 0 unspecified atom stereocenters. The Bertz CT molecular complexity index is 644. The Balaban J connectivity index is 1.65. The molecule has 6 heteroatoms. The highest BCUT2D eigenvalue weighted by Gasteiger charge is 2.45. The van der Waals surface area contributed by atoms with Crippen molar-refractivity contribution in [2.75, 3.05) is 7.11 Å². The molecule has 2 saturated heterocycles. The van der Waals surface area contributed by atoms with Gasteiger partial charge in [0.15, 0.2) is 0 Å². The van der Waals surface area contributed by atoms with Crippen LogP contribution in [0.2, 0.25) is 0 Å². The fourth-order valence-corrected chi connectivity index (χ4v) is 3.97. The van der Waals surface area contributed by atoms with Crippen molar-refractivity contribution >= 4 is 6.09 Å². The molecule has 5 nitrogen and oxygen atoms in total. The third kappa shape index (κ3) is 4.47. The number of benzene rings is 1. The van der Waals surface area contributed by atoms with E-state index in [2.05, 4.69) is 0 Å². The Morgan fingerprint density at radius 3 is 2.42 bits per heavy atom. The van der Waals surface area contributed by atoms with Gasteiger partial charge in [-0.25, -0.2) is 9.18 Å². The molecule has 2 fully saturated rings. The second kappa shape index (κ2) is 7.43. The van der Waals surface area contributed by atoms with Crippen molar-refractivity contribution in [3.05, 3.63) is 29.6 Å². The van der Waals surface area contributed by atoms with Gasteiger partial charge in [-0.2, -0.15) is 0 Å². The first kappa shape index (κ1) is 19.0. The summed E-state index contributed by atoms with van der Waals surface area (Å²) in [7, 11) is 1.58. The fraction of sp³-hybridized carbons (Fsp3) is 0.650. The van der Waals surface area contributed by atoms with Crippen molar-refractivity contribution < 1.29 is 23.4 Å². The molecule has 0 aliphatic carbocycles. The van der Waals surface area contributed by atoms with E-state index < -0.39 is 5.60 Å². The Hall–Kier alpha value is -1.82. The van der Waals surface area contributed by atoms with Crippen molar-refractivity contribution in [3.8, 4) is 5.75 Å². The minimum Gasteiger partial charge on any atom is -0.490 e. The van der Waals surface area contributed by atoms with E-state index in [-0.39, 0.29) is 30.1 Å². The molecule has 0 saturated carbocycles. The van der Waals surface area contributed by atoms with Crippen molar-refractivity contribution in [2.24, 2.45) is 0 Å². The highest BCUT2D eigenvalue weighted by Crippen LogP contribution is 2.38. The van der Waals surface area contributed by atoms with Crippen LogP contribution in [0, 0.1) is 5.82 Å². The monoisotopic (exact) mass is 365 g/mol. The zero-order chi connectivity index (χ0) is 18.9. The van der Waals surface area contributed by atoms with E-state index in [9.17, 15) is 9.18 Å². The quantitative estimate of drug-likeness (QED) is 0.799. The standard InChI is InChI=1S/C20H28FNO4/c1-20(2,3)26-19(23)22-15-5-6-16(22)11-18(10-15)25-17-8-13(12-24-4)7-14(21)9-17/h7-9,15-16,18H,5-6,10-12H2,1-4H3/t15-,16+,18+. The molecule has 2 heterocycles. The van der Waals surface area contributed by atoms with Gasteiger partial charge < -0.3 is 19.1 Å². The summed E-state index contributed by atoms with van der Waals surface area (Å²) in [6, 6.07) is 4.92. The molecule has 2 aliphatic rings. The van der Waals surface area contributed by atoms with E-state index in [1.807, 2.05) is 31.7 Å². The van der Waals surface area contributed by atoms with Crippen LogP contribution >= 0.6 is 0 Å². The summed E-state index contributed by atoms with van der Waals surface area (Å²) < 4.78 is 30.5. The number of fused-ring (bicyclic) bond motifs is 2. The average molecular weight is 365 g/mol. The average Bonchev–Trinajstić information content (AvgIpc) is 2.77. The number of piperidine rings is 1. The molecule has 2 aliphatic heterocycles. The topological polar surface area (TPSA) is 48.0 Å². The Morgan fingerprint density at radius 1 is 1.19 bits per heavy atom. The number of rotatable bonds is 4. The minimum atomic E-state index is -0.497. The van der Waals surface area contributed by atoms with Gasteiger partial charge in [-0.15, -0.1) is 0 Å². The number of ether oxygens (including phenoxy) is 3. The Kier molecular flexibility index (Phi) is 5.42. The first-order chi connectivity index (χ1) is 12.2. The summed E-state index contributed by atoms with van der Waals surface area (Å²) in [6.45, 7) is 5.98. The van der Waals surface area contributed by atoms with Crippen LogP contribution in [0.5, 0.6) is 5.75 Å². The molecule has 3 atom stereocenters. The summed E-state index contributed by atoms with van der Waals surface area (Å²) in [6.07, 6.45) is 3.14. The van der Waals surface area contributed by atoms with Gasteiger partial charge in [-0.3, -0.25) is 0 Å². The van der Waals surface area contributed by atoms with Gasteiger partial charge in [0.05, 0.1) is 6.61 Å². The lowest BCUT2D eigenvalue weighted by atomic mass is 10.00. The molecule has 144 valence electrons. The summed E-state index contributed by atoms with van der Waals surface area (Å²) in [5, 5.41) is 0. The lowest BCUT2D eigenvalue weighted by Crippen LogP contribution is -2.50. The van der Waals surface area contributed by atoms with Gasteiger partial charge >= 0.3 is 6.09 Å². The second-order valence-electron chi connectivity index (χ2n) is 8.21. The van der Waals surface area contributed by atoms with E-state index in [0.29, 0.717) is 12.4 Å². The van der Waals surface area contributed by atoms with Crippen LogP contribution < -0.4 is 4.74 Å². The van der Waals surface area contributed by atoms with Crippen molar-refractivity contribution in [1.82, 2.24) is 4.90 Å². The van der Waals surface area contributed by atoms with Gasteiger partial charge in [0.1, 0.15) is 23.3 Å². The second-order valence-corrected chi connectivity index (χ2v) is 8.21. The first-order valence-electron chi connectivity index (χ1n) is 9.21. The molecule has 0 spiro atoms. The van der Waals surface area contributed by atoms with Crippen LogP contribution in [-0.4, -0.2) is 41.9 Å². The number of halogens is 1. The zero-order valence-corrected chi connectivity index (χ0v) is 16.0. The normalized spacial score (nSPS) is 25.3. The number of carbonyl (C=O) groups is 1. The number of methoxy groups -OCH3 is 1. The number of hydrogen-bond donors (Lipinski definition) is 0. The Labute approximate surface area is 154 Å². The van der Waals surface area contributed by atoms with Crippen LogP contribution in [0.25, 0.3) is 0 Å². The minimum absolute atomic E-state index is 0.0246. The molecule has 0 N–H and O–H groups in total. The number of carbonyl (C=O) groups excluding carboxylic acids is 1. The summed E-state index contributed by atoms with van der Waals surface area (Å²) in [4.78, 5) is 14.4. The third-order valence-corrected chi connectivity index (χ3v) is 4.84. The molecular formula is C20H28FNO4. The fourth-order valence-electron chi connectivity index (χ4n) is 3.97. The molecule has 0 aromatic heterocycles. The number of amides is 1. The molecule has 1 aromatic rings. The van der Waals surface area contributed by atoms with Crippen LogP contribution in [0.3, 0.4) is 0 Å². The van der Waals surface area contributed by atoms with Gasteiger partial charge in [-0.1, -0.05) is 0 Å². The van der Waals surface area contributed by atoms with Crippen molar-refractivity contribution in [1.29, 1.82) is 0 Å². The van der Waals surface area contributed by atoms with Crippen molar-refractivity contribution in [3.63, 3.8) is 0 Å². The van der Waals surface area contributed by atoms with Gasteiger partial charge in [-0.05, 0) is 51.3 Å². The van der Waals surface area contributed by atoms with E-state index in [1.165, 1.54) is 12.1 Å². The lowest BCUT2D eigenvalue weighted by Gasteiger charge is -2.39. The molecule has 1 aromatic carbocycles. The largest absolute Gasteiger partial charge is 0.490 e. The van der Waals surface area contributed by atoms with Crippen LogP contribution in [-0.2, 0) is 16.1 Å². The molecule has 3 rings (SSSR count). The van der Waals surface area contributed by atoms with E-state index in [4.69, 9.17) is 14.2 Å². The van der Waals surface area contributed by atoms with Gasteiger partial charge in [0.25, 0.3) is 0 Å². The predicted molar refractivity (Wildman–Crippen MR) is 95.6 cm³/mol. The number of hydrogen-bond acceptors (Lipinski definition) is 4. The highest BCUT2D eigenvalue weighted by molar-refractivity contribution is 5.69. The maximum atomic E-state index is 13.8. The SMILES string of the molecule is COCc1cc(F)cc(O[C@H]2C[C@H]3CC[C@@H](C2)N3C(=O)OC(C)(C)C)c1. The maximum absolute atomic E-state index is 13.8. The van der Waals surface area contributed by atoms with Crippen LogP contribution in [0.4, 0.5) is 9.18 Å². The molecular weight excluding hydrogens is 337 g/mol. The smallest absolute Gasteiger partial charge is 0.410 e.